The quantitative estimate of drug-likeness (QED) is 0.812. The first-order valence-electron chi connectivity index (χ1n) is 10.5. The molecule has 1 spiro atoms. The van der Waals surface area contributed by atoms with Gasteiger partial charge in [-0.3, -0.25) is 9.69 Å². The Kier molecular flexibility index (Phi) is 5.91. The van der Waals surface area contributed by atoms with Crippen LogP contribution in [0.4, 0.5) is 0 Å². The van der Waals surface area contributed by atoms with E-state index in [1.54, 1.807) is 4.90 Å². The number of aliphatic hydroxyl groups is 1. The summed E-state index contributed by atoms with van der Waals surface area (Å²) in [6, 6.07) is 8.67. The molecule has 0 saturated carbocycles. The van der Waals surface area contributed by atoms with E-state index in [1.807, 2.05) is 0 Å². The molecule has 1 aromatic carbocycles. The van der Waals surface area contributed by atoms with Crippen LogP contribution in [0.2, 0.25) is 0 Å². The Bertz CT molecular complexity index is 816. The summed E-state index contributed by atoms with van der Waals surface area (Å²) in [6.45, 7) is 6.41. The number of hydrogen-bond acceptors (Lipinski definition) is 6. The highest BCUT2D eigenvalue weighted by atomic mass is 16.3. The van der Waals surface area contributed by atoms with Crippen molar-refractivity contribution in [2.75, 3.05) is 26.2 Å². The van der Waals surface area contributed by atoms with Crippen LogP contribution in [0.1, 0.15) is 37.3 Å². The number of aromatic nitrogens is 4. The number of piperidine rings is 2. The monoisotopic (exact) mass is 398 g/mol. The Labute approximate surface area is 171 Å². The first-order chi connectivity index (χ1) is 14.1. The van der Waals surface area contributed by atoms with Crippen molar-refractivity contribution in [3.63, 3.8) is 0 Å². The average Bonchev–Trinajstić information content (AvgIpc) is 3.23. The van der Waals surface area contributed by atoms with Crippen LogP contribution >= 0.6 is 0 Å². The maximum Gasteiger partial charge on any atom is 0.244 e. The fraction of sp³-hybridized carbons (Fsp3) is 0.619. The second kappa shape index (κ2) is 8.59. The van der Waals surface area contributed by atoms with E-state index in [0.717, 1.165) is 45.3 Å². The molecule has 8 nitrogen and oxygen atoms in total. The number of nitrogens with zero attached hydrogens (tertiary/aromatic N) is 6. The molecular weight excluding hydrogens is 368 g/mol. The number of aryl methyl sites for hydroxylation is 1. The maximum absolute atomic E-state index is 12.7. The fourth-order valence-corrected chi connectivity index (χ4v) is 4.88. The number of β-amino-alcohol motifs (C(OH)–C–C–N with tert-alkyl or cyclic N) is 1. The summed E-state index contributed by atoms with van der Waals surface area (Å²) in [5.74, 6) is -0.0327. The zero-order valence-electron chi connectivity index (χ0n) is 17.1. The molecule has 0 aliphatic carbocycles. The molecule has 1 amide bonds. The van der Waals surface area contributed by atoms with Gasteiger partial charge in [0.15, 0.2) is 0 Å². The third-order valence-corrected chi connectivity index (χ3v) is 6.48. The van der Waals surface area contributed by atoms with E-state index < -0.39 is 6.10 Å². The summed E-state index contributed by atoms with van der Waals surface area (Å²) >= 11 is 0. The Hall–Kier alpha value is -2.32. The number of benzene rings is 1. The first kappa shape index (κ1) is 20.0. The predicted molar refractivity (Wildman–Crippen MR) is 108 cm³/mol. The van der Waals surface area contributed by atoms with Crippen LogP contribution < -0.4 is 0 Å². The van der Waals surface area contributed by atoms with Crippen molar-refractivity contribution in [1.29, 1.82) is 0 Å². The van der Waals surface area contributed by atoms with Crippen LogP contribution in [0.15, 0.2) is 30.6 Å². The lowest BCUT2D eigenvalue weighted by molar-refractivity contribution is -0.141. The van der Waals surface area contributed by atoms with Gasteiger partial charge >= 0.3 is 0 Å². The molecule has 29 heavy (non-hydrogen) atoms. The Morgan fingerprint density at radius 3 is 2.69 bits per heavy atom. The van der Waals surface area contributed by atoms with Gasteiger partial charge in [0.1, 0.15) is 12.9 Å². The molecule has 0 radical (unpaired) electrons. The summed E-state index contributed by atoms with van der Waals surface area (Å²) in [5, 5.41) is 21.4. The molecule has 1 aromatic heterocycles. The Balaban J connectivity index is 1.37. The third-order valence-electron chi connectivity index (χ3n) is 6.48. The molecule has 2 aromatic rings. The van der Waals surface area contributed by atoms with Crippen molar-refractivity contribution in [2.24, 2.45) is 5.41 Å². The third kappa shape index (κ3) is 4.64. The van der Waals surface area contributed by atoms with E-state index >= 15 is 0 Å². The predicted octanol–water partition coefficient (Wildman–Crippen LogP) is 1.11. The fourth-order valence-electron chi connectivity index (χ4n) is 4.88. The second-order valence-electron chi connectivity index (χ2n) is 8.54. The molecule has 3 heterocycles. The summed E-state index contributed by atoms with van der Waals surface area (Å²) in [4.78, 5) is 17.0. The maximum atomic E-state index is 12.7. The van der Waals surface area contributed by atoms with Crippen molar-refractivity contribution in [2.45, 2.75) is 51.8 Å². The highest BCUT2D eigenvalue weighted by Gasteiger charge is 2.42. The van der Waals surface area contributed by atoms with Gasteiger partial charge < -0.3 is 10.0 Å². The van der Waals surface area contributed by atoms with E-state index in [4.69, 9.17) is 0 Å². The number of hydrogen-bond donors (Lipinski definition) is 1. The van der Waals surface area contributed by atoms with E-state index in [1.165, 1.54) is 22.1 Å². The van der Waals surface area contributed by atoms with Crippen LogP contribution in [0.5, 0.6) is 0 Å². The van der Waals surface area contributed by atoms with Gasteiger partial charge in [-0.1, -0.05) is 31.2 Å². The van der Waals surface area contributed by atoms with Gasteiger partial charge in [0.25, 0.3) is 0 Å². The van der Waals surface area contributed by atoms with E-state index in [2.05, 4.69) is 51.6 Å². The molecular formula is C21H30N6O2. The number of amides is 1. The van der Waals surface area contributed by atoms with Crippen molar-refractivity contribution in [3.05, 3.63) is 41.7 Å². The lowest BCUT2D eigenvalue weighted by Crippen LogP contribution is -2.55. The molecule has 1 unspecified atom stereocenters. The van der Waals surface area contributed by atoms with Crippen LogP contribution in [0, 0.1) is 5.41 Å². The summed E-state index contributed by atoms with van der Waals surface area (Å²) in [5.41, 5.74) is 2.84. The minimum Gasteiger partial charge on any atom is -0.391 e. The lowest BCUT2D eigenvalue weighted by Gasteiger charge is -2.49. The molecule has 2 saturated heterocycles. The van der Waals surface area contributed by atoms with Crippen molar-refractivity contribution < 1.29 is 9.90 Å². The van der Waals surface area contributed by atoms with Gasteiger partial charge in [0, 0.05) is 19.6 Å². The topological polar surface area (TPSA) is 87.4 Å². The SMILES string of the molecule is CCc1ccccc1CN1CCC2(CC1)CC(O)CN(C(=O)Cn1cnnn1)C2. The average molecular weight is 399 g/mol. The van der Waals surface area contributed by atoms with Crippen LogP contribution in [0.25, 0.3) is 0 Å². The number of tetrazole rings is 1. The highest BCUT2D eigenvalue weighted by molar-refractivity contribution is 5.76. The van der Waals surface area contributed by atoms with Gasteiger partial charge in [-0.15, -0.1) is 5.10 Å². The number of carbonyl (C=O) groups excluding carboxylic acids is 1. The molecule has 1 atom stereocenters. The van der Waals surface area contributed by atoms with E-state index in [-0.39, 0.29) is 17.9 Å². The molecule has 2 aliphatic heterocycles. The molecule has 0 bridgehead atoms. The van der Waals surface area contributed by atoms with Crippen LogP contribution in [0.3, 0.4) is 0 Å². The Morgan fingerprint density at radius 2 is 2.00 bits per heavy atom. The standard InChI is InChI=1S/C21H30N6O2/c1-2-17-5-3-4-6-18(17)12-25-9-7-21(8-10-25)11-19(28)13-26(15-21)20(29)14-27-16-22-23-24-27/h3-6,16,19,28H,2,7-15H2,1H3. The molecule has 2 fully saturated rings. The molecule has 4 rings (SSSR count). The zero-order chi connectivity index (χ0) is 20.3. The smallest absolute Gasteiger partial charge is 0.244 e. The number of rotatable bonds is 5. The van der Waals surface area contributed by atoms with Crippen molar-refractivity contribution >= 4 is 5.91 Å². The van der Waals surface area contributed by atoms with Gasteiger partial charge in [0.05, 0.1) is 6.10 Å². The number of aliphatic hydroxyl groups excluding tert-OH is 1. The Morgan fingerprint density at radius 1 is 1.24 bits per heavy atom. The highest BCUT2D eigenvalue weighted by Crippen LogP contribution is 2.40. The lowest BCUT2D eigenvalue weighted by atomic mass is 9.71. The zero-order valence-corrected chi connectivity index (χ0v) is 17.1. The molecule has 2 aliphatic rings. The minimum absolute atomic E-state index is 0.00865. The largest absolute Gasteiger partial charge is 0.391 e. The molecule has 1 N–H and O–H groups in total. The summed E-state index contributed by atoms with van der Waals surface area (Å²) in [6.07, 6.45) is 4.83. The van der Waals surface area contributed by atoms with Crippen molar-refractivity contribution in [3.8, 4) is 0 Å². The van der Waals surface area contributed by atoms with Crippen LogP contribution in [-0.4, -0.2) is 73.3 Å². The summed E-state index contributed by atoms with van der Waals surface area (Å²) in [7, 11) is 0. The first-order valence-corrected chi connectivity index (χ1v) is 10.5. The van der Waals surface area contributed by atoms with Crippen LogP contribution in [-0.2, 0) is 24.3 Å². The molecule has 156 valence electrons. The van der Waals surface area contributed by atoms with Gasteiger partial charge in [-0.25, -0.2) is 4.68 Å². The number of carbonyl (C=O) groups is 1. The van der Waals surface area contributed by atoms with Gasteiger partial charge in [0.2, 0.25) is 5.91 Å². The second-order valence-corrected chi connectivity index (χ2v) is 8.54. The normalized spacial score (nSPS) is 22.1. The van der Waals surface area contributed by atoms with Crippen molar-refractivity contribution in [1.82, 2.24) is 30.0 Å². The van der Waals surface area contributed by atoms with Gasteiger partial charge in [-0.2, -0.15) is 0 Å². The van der Waals surface area contributed by atoms with E-state index in [9.17, 15) is 9.90 Å². The van der Waals surface area contributed by atoms with Gasteiger partial charge in [-0.05, 0) is 65.7 Å². The number of likely N-dealkylation sites (tertiary alicyclic amines) is 2. The van der Waals surface area contributed by atoms with E-state index in [0.29, 0.717) is 13.1 Å². The summed E-state index contributed by atoms with van der Waals surface area (Å²) < 4.78 is 1.43. The minimum atomic E-state index is -0.464. The molecule has 8 heteroatoms.